The van der Waals surface area contributed by atoms with Crippen LogP contribution in [0.2, 0.25) is 0 Å². The number of amides is 2. The van der Waals surface area contributed by atoms with Gasteiger partial charge < -0.3 is 14.7 Å². The highest BCUT2D eigenvalue weighted by Gasteiger charge is 2.21. The van der Waals surface area contributed by atoms with Gasteiger partial charge in [-0.1, -0.05) is 0 Å². The molecule has 0 aliphatic carbocycles. The van der Waals surface area contributed by atoms with E-state index in [1.165, 1.54) is 0 Å². The summed E-state index contributed by atoms with van der Waals surface area (Å²) in [6.07, 6.45) is 0. The van der Waals surface area contributed by atoms with Crippen molar-refractivity contribution in [1.82, 2.24) is 15.0 Å². The Labute approximate surface area is 72.3 Å². The molecule has 0 radical (unpaired) electrons. The molecular weight excluding hydrogens is 229 g/mol. The van der Waals surface area contributed by atoms with E-state index in [2.05, 4.69) is 0 Å². The Hall–Kier alpha value is -0.710. The summed E-state index contributed by atoms with van der Waals surface area (Å²) >= 11 is 0. The van der Waals surface area contributed by atoms with E-state index in [0.29, 0.717) is 0 Å². The van der Waals surface area contributed by atoms with Gasteiger partial charge >= 0.3 is 24.1 Å². The van der Waals surface area contributed by atoms with Crippen LogP contribution in [0.4, 0.5) is 4.79 Å². The minimum Gasteiger partial charge on any atom is -0.303 e. The van der Waals surface area contributed by atoms with Crippen LogP contribution >= 0.6 is 7.82 Å². The summed E-state index contributed by atoms with van der Waals surface area (Å²) in [7, 11) is -8.20. The van der Waals surface area contributed by atoms with Crippen LogP contribution in [0.25, 0.3) is 0 Å². The van der Waals surface area contributed by atoms with Crippen molar-refractivity contribution in [2.24, 2.45) is 0 Å². The lowest BCUT2D eigenvalue weighted by atomic mass is 11.2. The summed E-state index contributed by atoms with van der Waals surface area (Å²) in [6.45, 7) is 0. The van der Waals surface area contributed by atoms with Crippen LogP contribution in [0, 0.1) is 0 Å². The molecule has 0 spiro atoms. The van der Waals surface area contributed by atoms with Gasteiger partial charge in [0.1, 0.15) is 0 Å². The van der Waals surface area contributed by atoms with E-state index in [1.54, 1.807) is 9.55 Å². The zero-order valence-electron chi connectivity index (χ0n) is 5.83. The molecule has 1 rings (SSSR count). The first-order valence-electron chi connectivity index (χ1n) is 2.48. The Balaban J connectivity index is 0.000000252. The van der Waals surface area contributed by atoms with E-state index in [4.69, 9.17) is 19.2 Å². The zero-order chi connectivity index (χ0) is 10.7. The van der Waals surface area contributed by atoms with Gasteiger partial charge in [0.15, 0.2) is 0 Å². The molecule has 0 unspecified atom stereocenters. The van der Waals surface area contributed by atoms with E-state index in [-0.39, 0.29) is 0 Å². The van der Waals surface area contributed by atoms with Crippen LogP contribution < -0.4 is 15.0 Å². The van der Waals surface area contributed by atoms with Crippen molar-refractivity contribution in [1.29, 1.82) is 0 Å². The number of carbonyl (C=O) groups excluding carboxylic acids is 1. The van der Waals surface area contributed by atoms with Crippen LogP contribution in [-0.4, -0.2) is 29.1 Å². The van der Waals surface area contributed by atoms with Crippen molar-refractivity contribution in [3.63, 3.8) is 0 Å². The Morgan fingerprint density at radius 3 is 1.69 bits per heavy atom. The van der Waals surface area contributed by atoms with Gasteiger partial charge in [-0.25, -0.2) is 14.1 Å². The lowest BCUT2D eigenvalue weighted by Crippen LogP contribution is -2.27. The molecule has 1 heterocycles. The molecule has 1 aliphatic rings. The predicted molar refractivity (Wildman–Crippen MR) is 38.0 cm³/mol. The van der Waals surface area contributed by atoms with Crippen LogP contribution in [-0.2, 0) is 14.8 Å². The summed E-state index contributed by atoms with van der Waals surface area (Å²) in [5.74, 6) is 0. The second-order valence-corrected chi connectivity index (χ2v) is 4.12. The summed E-state index contributed by atoms with van der Waals surface area (Å²) in [4.78, 5) is 33.3. The quantitative estimate of drug-likeness (QED) is 0.245. The molecule has 1 fully saturated rings. The molecule has 0 aromatic rings. The molecule has 0 bridgehead atoms. The molecule has 6 N–H and O–H groups in total. The number of hydrogen-bond acceptors (Lipinski definition) is 4. The highest BCUT2D eigenvalue weighted by atomic mass is 32.2. The van der Waals surface area contributed by atoms with E-state index in [9.17, 15) is 13.2 Å². The van der Waals surface area contributed by atoms with Crippen molar-refractivity contribution < 1.29 is 32.5 Å². The SMILES string of the molecule is O=C1NNS(=O)(=O)N1.O=P(O)(O)O. The van der Waals surface area contributed by atoms with Crippen LogP contribution in [0.15, 0.2) is 0 Å². The number of rotatable bonds is 0. The third-order valence-corrected chi connectivity index (χ3v) is 1.35. The van der Waals surface area contributed by atoms with E-state index in [1.807, 2.05) is 5.43 Å². The minimum absolute atomic E-state index is 0.759. The number of urea groups is 1. The molecular formula is CH6N3O7PS. The van der Waals surface area contributed by atoms with Gasteiger partial charge in [0, 0.05) is 0 Å². The fourth-order valence-electron chi connectivity index (χ4n) is 0.287. The van der Waals surface area contributed by atoms with Gasteiger partial charge in [-0.3, -0.25) is 5.43 Å². The second-order valence-electron chi connectivity index (χ2n) is 1.67. The molecule has 0 aromatic carbocycles. The number of hydrazine groups is 1. The van der Waals surface area contributed by atoms with E-state index in [0.717, 1.165) is 0 Å². The number of hydrogen-bond donors (Lipinski definition) is 6. The zero-order valence-corrected chi connectivity index (χ0v) is 7.54. The third kappa shape index (κ3) is 9.20. The Morgan fingerprint density at radius 1 is 1.23 bits per heavy atom. The maximum atomic E-state index is 10.1. The van der Waals surface area contributed by atoms with Crippen molar-refractivity contribution in [3.05, 3.63) is 0 Å². The highest BCUT2D eigenvalue weighted by molar-refractivity contribution is 7.88. The lowest BCUT2D eigenvalue weighted by Gasteiger charge is -1.83. The summed E-state index contributed by atoms with van der Waals surface area (Å²) in [5.41, 5.74) is 1.82. The van der Waals surface area contributed by atoms with E-state index >= 15 is 0 Å². The molecule has 78 valence electrons. The highest BCUT2D eigenvalue weighted by Crippen LogP contribution is 2.25. The normalized spacial score (nSPS) is 19.5. The maximum Gasteiger partial charge on any atom is 0.466 e. The second kappa shape index (κ2) is 4.00. The average molecular weight is 235 g/mol. The molecule has 13 heavy (non-hydrogen) atoms. The summed E-state index contributed by atoms with van der Waals surface area (Å²) in [6, 6.07) is -0.759. The van der Waals surface area contributed by atoms with Gasteiger partial charge in [0.05, 0.1) is 0 Å². The first-order chi connectivity index (χ1) is 5.60. The number of nitrogens with one attached hydrogen (secondary N) is 3. The first kappa shape index (κ1) is 12.3. The Morgan fingerprint density at radius 2 is 1.62 bits per heavy atom. The standard InChI is InChI=1S/CH3N3O3S.H3O4P/c5-1-2-4-8(6,7)3-1;1-5(2,3)4/h4H,(H2,2,3,5);(H3,1,2,3,4). The Kier molecular flexibility index (Phi) is 3.78. The smallest absolute Gasteiger partial charge is 0.303 e. The molecule has 1 aliphatic heterocycles. The van der Waals surface area contributed by atoms with Crippen LogP contribution in [0.5, 0.6) is 0 Å². The van der Waals surface area contributed by atoms with Gasteiger partial charge in [-0.2, -0.15) is 8.42 Å². The number of phosphoric acid groups is 1. The van der Waals surface area contributed by atoms with Crippen LogP contribution in [0.3, 0.4) is 0 Å². The van der Waals surface area contributed by atoms with Crippen molar-refractivity contribution in [3.8, 4) is 0 Å². The topological polar surface area (TPSA) is 165 Å². The molecule has 1 saturated heterocycles. The predicted octanol–water partition coefficient (Wildman–Crippen LogP) is -2.88. The first-order valence-corrected chi connectivity index (χ1v) is 5.53. The molecule has 0 aromatic heterocycles. The monoisotopic (exact) mass is 235 g/mol. The molecule has 0 atom stereocenters. The summed E-state index contributed by atoms with van der Waals surface area (Å²) < 4.78 is 30.8. The molecule has 10 nitrogen and oxygen atoms in total. The van der Waals surface area contributed by atoms with Gasteiger partial charge in [0.25, 0.3) is 0 Å². The van der Waals surface area contributed by atoms with Crippen molar-refractivity contribution in [2.45, 2.75) is 0 Å². The number of carbonyl (C=O) groups is 1. The largest absolute Gasteiger partial charge is 0.466 e. The fraction of sp³-hybridized carbons (Fsp3) is 0. The summed E-state index contributed by atoms with van der Waals surface area (Å²) in [5, 5.41) is 0. The molecule has 0 saturated carbocycles. The Bertz CT molecular complexity index is 319. The van der Waals surface area contributed by atoms with Gasteiger partial charge in [0.2, 0.25) is 0 Å². The average Bonchev–Trinajstić information content (AvgIpc) is 2.04. The van der Waals surface area contributed by atoms with Gasteiger partial charge in [-0.05, 0) is 0 Å². The fourth-order valence-corrected chi connectivity index (χ4v) is 0.860. The van der Waals surface area contributed by atoms with Gasteiger partial charge in [-0.15, -0.1) is 4.83 Å². The van der Waals surface area contributed by atoms with Crippen molar-refractivity contribution >= 4 is 24.1 Å². The minimum atomic E-state index is -4.64. The maximum absolute atomic E-state index is 10.1. The van der Waals surface area contributed by atoms with Crippen molar-refractivity contribution in [2.75, 3.05) is 0 Å². The van der Waals surface area contributed by atoms with E-state index < -0.39 is 24.1 Å². The molecule has 12 heteroatoms. The third-order valence-electron chi connectivity index (χ3n) is 0.526. The lowest BCUT2D eigenvalue weighted by molar-refractivity contribution is 0.247. The van der Waals surface area contributed by atoms with Crippen LogP contribution in [0.1, 0.15) is 0 Å². The molecule has 2 amide bonds.